The van der Waals surface area contributed by atoms with Crippen LogP contribution in [-0.4, -0.2) is 17.4 Å². The summed E-state index contributed by atoms with van der Waals surface area (Å²) in [5.41, 5.74) is 1.35. The van der Waals surface area contributed by atoms with E-state index in [1.165, 1.54) is 0 Å². The van der Waals surface area contributed by atoms with Gasteiger partial charge >= 0.3 is 0 Å². The summed E-state index contributed by atoms with van der Waals surface area (Å²) in [6.07, 6.45) is 3.41. The normalized spacial score (nSPS) is 10.2. The van der Waals surface area contributed by atoms with Crippen LogP contribution in [0.1, 0.15) is 22.8 Å². The van der Waals surface area contributed by atoms with Crippen molar-refractivity contribution in [2.75, 3.05) is 6.61 Å². The number of Topliss-reactive ketones (excluding diaryl/α,β-unsaturated/α-hetero) is 1. The molecule has 3 nitrogen and oxygen atoms in total. The maximum Gasteiger partial charge on any atom is 0.171 e. The van der Waals surface area contributed by atoms with Gasteiger partial charge in [0, 0.05) is 18.8 Å². The van der Waals surface area contributed by atoms with Gasteiger partial charge in [-0.15, -0.1) is 0 Å². The van der Waals surface area contributed by atoms with Crippen molar-refractivity contribution in [2.45, 2.75) is 13.3 Å². The number of ether oxygens (including phenoxy) is 1. The van der Waals surface area contributed by atoms with E-state index >= 15 is 0 Å². The van der Waals surface area contributed by atoms with E-state index in [2.05, 4.69) is 4.98 Å². The third-order valence-corrected chi connectivity index (χ3v) is 3.04. The van der Waals surface area contributed by atoms with E-state index in [1.807, 2.05) is 19.1 Å². The second-order valence-electron chi connectivity index (χ2n) is 4.00. The van der Waals surface area contributed by atoms with Gasteiger partial charge in [0.25, 0.3) is 0 Å². The van der Waals surface area contributed by atoms with Crippen molar-refractivity contribution in [3.63, 3.8) is 0 Å². The molecule has 0 bridgehead atoms. The molecule has 0 saturated carbocycles. The van der Waals surface area contributed by atoms with Gasteiger partial charge in [-0.1, -0.05) is 23.7 Å². The predicted octanol–water partition coefficient (Wildman–Crippen LogP) is 3.56. The Bertz CT molecular complexity index is 584. The SMILES string of the molecule is CCOc1ccccc1C(=O)Cc1ccncc1Cl. The topological polar surface area (TPSA) is 39.2 Å². The molecule has 0 atom stereocenters. The highest BCUT2D eigenvalue weighted by Gasteiger charge is 2.13. The summed E-state index contributed by atoms with van der Waals surface area (Å²) in [5.74, 6) is 0.595. The summed E-state index contributed by atoms with van der Waals surface area (Å²) in [6.45, 7) is 2.42. The number of nitrogens with zero attached hydrogens (tertiary/aromatic N) is 1. The van der Waals surface area contributed by atoms with Gasteiger partial charge in [-0.2, -0.15) is 0 Å². The predicted molar refractivity (Wildman–Crippen MR) is 74.9 cm³/mol. The number of para-hydroxylation sites is 1. The lowest BCUT2D eigenvalue weighted by Crippen LogP contribution is -2.07. The Labute approximate surface area is 117 Å². The molecule has 1 aromatic carbocycles. The average molecular weight is 276 g/mol. The molecular weight excluding hydrogens is 262 g/mol. The Morgan fingerprint density at radius 3 is 2.84 bits per heavy atom. The number of halogens is 1. The second-order valence-corrected chi connectivity index (χ2v) is 4.40. The number of carbonyl (C=O) groups is 1. The quantitative estimate of drug-likeness (QED) is 0.783. The van der Waals surface area contributed by atoms with Crippen molar-refractivity contribution in [2.24, 2.45) is 0 Å². The lowest BCUT2D eigenvalue weighted by atomic mass is 10.0. The number of aromatic nitrogens is 1. The van der Waals surface area contributed by atoms with Gasteiger partial charge in [-0.05, 0) is 30.7 Å². The Balaban J connectivity index is 2.23. The third-order valence-electron chi connectivity index (χ3n) is 2.69. The van der Waals surface area contributed by atoms with Crippen molar-refractivity contribution in [1.29, 1.82) is 0 Å². The highest BCUT2D eigenvalue weighted by atomic mass is 35.5. The molecule has 0 aliphatic carbocycles. The molecular formula is C15H14ClNO2. The molecule has 0 spiro atoms. The Kier molecular flexibility index (Phi) is 4.53. The minimum Gasteiger partial charge on any atom is -0.493 e. The zero-order valence-corrected chi connectivity index (χ0v) is 11.4. The highest BCUT2D eigenvalue weighted by Crippen LogP contribution is 2.22. The second kappa shape index (κ2) is 6.34. The van der Waals surface area contributed by atoms with Crippen LogP contribution in [0.15, 0.2) is 42.7 Å². The molecule has 1 aromatic heterocycles. The first-order valence-corrected chi connectivity index (χ1v) is 6.43. The number of pyridine rings is 1. The van der Waals surface area contributed by atoms with Crippen LogP contribution in [0.4, 0.5) is 0 Å². The summed E-state index contributed by atoms with van der Waals surface area (Å²) in [7, 11) is 0. The summed E-state index contributed by atoms with van der Waals surface area (Å²) in [5, 5.41) is 0.504. The van der Waals surface area contributed by atoms with E-state index in [0.717, 1.165) is 5.56 Å². The maximum atomic E-state index is 12.3. The highest BCUT2D eigenvalue weighted by molar-refractivity contribution is 6.31. The Morgan fingerprint density at radius 1 is 1.32 bits per heavy atom. The maximum absolute atomic E-state index is 12.3. The molecule has 1 heterocycles. The molecule has 0 saturated heterocycles. The van der Waals surface area contributed by atoms with Gasteiger partial charge in [-0.25, -0.2) is 0 Å². The van der Waals surface area contributed by atoms with Gasteiger partial charge in [0.15, 0.2) is 5.78 Å². The van der Waals surface area contributed by atoms with Crippen LogP contribution in [0, 0.1) is 0 Å². The van der Waals surface area contributed by atoms with Gasteiger partial charge in [0.1, 0.15) is 5.75 Å². The number of hydrogen-bond donors (Lipinski definition) is 0. The minimum atomic E-state index is -0.0165. The van der Waals surface area contributed by atoms with Gasteiger partial charge in [0.2, 0.25) is 0 Å². The standard InChI is InChI=1S/C15H14ClNO2/c1-2-19-15-6-4-3-5-12(15)14(18)9-11-7-8-17-10-13(11)16/h3-8,10H,2,9H2,1H3. The van der Waals surface area contributed by atoms with E-state index < -0.39 is 0 Å². The van der Waals surface area contributed by atoms with Crippen molar-refractivity contribution in [3.8, 4) is 5.75 Å². The average Bonchev–Trinajstić information content (AvgIpc) is 2.42. The molecule has 0 amide bonds. The number of hydrogen-bond acceptors (Lipinski definition) is 3. The van der Waals surface area contributed by atoms with Crippen LogP contribution in [0.25, 0.3) is 0 Å². The summed E-state index contributed by atoms with van der Waals surface area (Å²) >= 11 is 6.01. The monoisotopic (exact) mass is 275 g/mol. The smallest absolute Gasteiger partial charge is 0.171 e. The van der Waals surface area contributed by atoms with E-state index in [4.69, 9.17) is 16.3 Å². The van der Waals surface area contributed by atoms with Crippen LogP contribution in [0.5, 0.6) is 5.75 Å². The zero-order valence-electron chi connectivity index (χ0n) is 10.6. The van der Waals surface area contributed by atoms with Crippen molar-refractivity contribution in [3.05, 3.63) is 58.9 Å². The molecule has 0 unspecified atom stereocenters. The summed E-state index contributed by atoms with van der Waals surface area (Å²) < 4.78 is 5.46. The van der Waals surface area contributed by atoms with Crippen LogP contribution in [0.3, 0.4) is 0 Å². The van der Waals surface area contributed by atoms with Crippen LogP contribution in [0.2, 0.25) is 5.02 Å². The molecule has 19 heavy (non-hydrogen) atoms. The minimum absolute atomic E-state index is 0.0165. The first-order chi connectivity index (χ1) is 9.22. The lowest BCUT2D eigenvalue weighted by Gasteiger charge is -2.09. The van der Waals surface area contributed by atoms with Crippen molar-refractivity contribution < 1.29 is 9.53 Å². The fraction of sp³-hybridized carbons (Fsp3) is 0.200. The fourth-order valence-corrected chi connectivity index (χ4v) is 1.98. The first kappa shape index (κ1) is 13.6. The molecule has 4 heteroatoms. The van der Waals surface area contributed by atoms with E-state index in [-0.39, 0.29) is 12.2 Å². The van der Waals surface area contributed by atoms with E-state index in [9.17, 15) is 4.79 Å². The van der Waals surface area contributed by atoms with Gasteiger partial charge in [0.05, 0.1) is 17.2 Å². The molecule has 2 rings (SSSR count). The molecule has 0 aliphatic heterocycles. The molecule has 0 aliphatic rings. The van der Waals surface area contributed by atoms with E-state index in [1.54, 1.807) is 30.6 Å². The van der Waals surface area contributed by atoms with Gasteiger partial charge < -0.3 is 4.74 Å². The molecule has 2 aromatic rings. The molecule has 0 radical (unpaired) electrons. The number of ketones is 1. The van der Waals surface area contributed by atoms with Crippen LogP contribution < -0.4 is 4.74 Å². The van der Waals surface area contributed by atoms with Crippen LogP contribution >= 0.6 is 11.6 Å². The molecule has 0 N–H and O–H groups in total. The third kappa shape index (κ3) is 3.32. The molecule has 0 fully saturated rings. The summed E-state index contributed by atoms with van der Waals surface area (Å²) in [6, 6.07) is 8.99. The van der Waals surface area contributed by atoms with E-state index in [0.29, 0.717) is 22.9 Å². The first-order valence-electron chi connectivity index (χ1n) is 6.05. The Hall–Kier alpha value is -1.87. The largest absolute Gasteiger partial charge is 0.493 e. The zero-order chi connectivity index (χ0) is 13.7. The van der Waals surface area contributed by atoms with Crippen molar-refractivity contribution >= 4 is 17.4 Å². The Morgan fingerprint density at radius 2 is 2.11 bits per heavy atom. The lowest BCUT2D eigenvalue weighted by molar-refractivity contribution is 0.0989. The number of carbonyl (C=O) groups excluding carboxylic acids is 1. The molecule has 98 valence electrons. The van der Waals surface area contributed by atoms with Crippen LogP contribution in [-0.2, 0) is 6.42 Å². The van der Waals surface area contributed by atoms with Gasteiger partial charge in [-0.3, -0.25) is 9.78 Å². The summed E-state index contributed by atoms with van der Waals surface area (Å²) in [4.78, 5) is 16.2. The number of rotatable bonds is 5. The fourth-order valence-electron chi connectivity index (χ4n) is 1.79. The number of benzene rings is 1. The van der Waals surface area contributed by atoms with Crippen molar-refractivity contribution in [1.82, 2.24) is 4.98 Å².